The van der Waals surface area contributed by atoms with Crippen LogP contribution in [0.5, 0.6) is 0 Å². The van der Waals surface area contributed by atoms with E-state index < -0.39 is 6.10 Å². The van der Waals surface area contributed by atoms with Crippen LogP contribution in [0.4, 0.5) is 0 Å². The van der Waals surface area contributed by atoms with Crippen molar-refractivity contribution < 1.29 is 14.3 Å². The summed E-state index contributed by atoms with van der Waals surface area (Å²) in [5, 5.41) is 10.5. The zero-order valence-electron chi connectivity index (χ0n) is 13.6. The van der Waals surface area contributed by atoms with E-state index in [4.69, 9.17) is 16.0 Å². The van der Waals surface area contributed by atoms with Crippen LogP contribution in [0.1, 0.15) is 25.7 Å². The number of nitrogens with zero attached hydrogens (tertiary/aromatic N) is 2. The number of aromatic nitrogens is 1. The van der Waals surface area contributed by atoms with Crippen LogP contribution in [-0.2, 0) is 11.2 Å². The van der Waals surface area contributed by atoms with E-state index in [1.807, 2.05) is 25.1 Å². The molecule has 1 N–H and O–H groups in total. The maximum absolute atomic E-state index is 12.3. The van der Waals surface area contributed by atoms with Crippen molar-refractivity contribution in [2.75, 3.05) is 13.1 Å². The number of oxazole rings is 1. The zero-order valence-corrected chi connectivity index (χ0v) is 14.4. The molecule has 1 saturated heterocycles. The molecule has 1 aliphatic rings. The van der Waals surface area contributed by atoms with Crippen LogP contribution in [0.25, 0.3) is 11.3 Å². The van der Waals surface area contributed by atoms with Crippen molar-refractivity contribution in [2.45, 2.75) is 32.3 Å². The molecule has 128 valence electrons. The largest absolute Gasteiger partial charge is 0.441 e. The molecule has 24 heavy (non-hydrogen) atoms. The Balaban J connectivity index is 1.58. The number of carbonyl (C=O) groups is 1. The highest BCUT2D eigenvalue weighted by atomic mass is 35.5. The highest BCUT2D eigenvalue weighted by molar-refractivity contribution is 6.33. The quantitative estimate of drug-likeness (QED) is 0.921. The number of β-amino-alcohol motifs (C(OH)–C–C–N with tert-alkyl or cyclic N) is 1. The number of aliphatic hydroxyl groups is 1. The zero-order chi connectivity index (χ0) is 17.1. The number of rotatable bonds is 4. The maximum Gasteiger partial charge on any atom is 0.223 e. The topological polar surface area (TPSA) is 66.6 Å². The van der Waals surface area contributed by atoms with Crippen LogP contribution < -0.4 is 0 Å². The van der Waals surface area contributed by atoms with Crippen LogP contribution in [0.2, 0.25) is 5.02 Å². The lowest BCUT2D eigenvalue weighted by Crippen LogP contribution is -2.45. The minimum atomic E-state index is -0.434. The van der Waals surface area contributed by atoms with Crippen molar-refractivity contribution in [3.63, 3.8) is 0 Å². The average molecular weight is 349 g/mol. The van der Waals surface area contributed by atoms with Crippen LogP contribution in [0.15, 0.2) is 34.9 Å². The fourth-order valence-electron chi connectivity index (χ4n) is 2.86. The molecule has 6 heteroatoms. The van der Waals surface area contributed by atoms with Gasteiger partial charge in [-0.15, -0.1) is 0 Å². The number of aryl methyl sites for hydroxylation is 1. The van der Waals surface area contributed by atoms with Crippen LogP contribution in [-0.4, -0.2) is 40.1 Å². The second-order valence-electron chi connectivity index (χ2n) is 6.27. The van der Waals surface area contributed by atoms with Crippen molar-refractivity contribution >= 4 is 17.5 Å². The average Bonchev–Trinajstić information content (AvgIpc) is 3.04. The van der Waals surface area contributed by atoms with Gasteiger partial charge in [0, 0.05) is 31.5 Å². The van der Waals surface area contributed by atoms with Gasteiger partial charge in [-0.1, -0.05) is 30.7 Å². The predicted octanol–water partition coefficient (Wildman–Crippen LogP) is 3.16. The molecular weight excluding hydrogens is 328 g/mol. The molecule has 2 atom stereocenters. The summed E-state index contributed by atoms with van der Waals surface area (Å²) in [6.45, 7) is 3.12. The predicted molar refractivity (Wildman–Crippen MR) is 91.6 cm³/mol. The Labute approximate surface area is 146 Å². The monoisotopic (exact) mass is 348 g/mol. The first kappa shape index (κ1) is 17.0. The fourth-order valence-corrected chi connectivity index (χ4v) is 3.09. The Morgan fingerprint density at radius 3 is 3.00 bits per heavy atom. The summed E-state index contributed by atoms with van der Waals surface area (Å²) in [6, 6.07) is 7.41. The van der Waals surface area contributed by atoms with Gasteiger partial charge >= 0.3 is 0 Å². The van der Waals surface area contributed by atoms with Crippen LogP contribution >= 0.6 is 11.6 Å². The lowest BCUT2D eigenvalue weighted by atomic mass is 9.96. The maximum atomic E-state index is 12.3. The van der Waals surface area contributed by atoms with E-state index in [9.17, 15) is 9.90 Å². The number of carbonyl (C=O) groups excluding carboxylic acids is 1. The highest BCUT2D eigenvalue weighted by Crippen LogP contribution is 2.28. The number of hydrogen-bond donors (Lipinski definition) is 1. The number of amides is 1. The van der Waals surface area contributed by atoms with E-state index in [-0.39, 0.29) is 11.8 Å². The fraction of sp³-hybridized carbons (Fsp3) is 0.444. The van der Waals surface area contributed by atoms with Crippen molar-refractivity contribution in [2.24, 2.45) is 5.92 Å². The molecular formula is C18H21ClN2O3. The molecule has 1 aromatic heterocycles. The molecule has 2 aromatic rings. The minimum Gasteiger partial charge on any atom is -0.441 e. The number of piperidine rings is 1. The number of benzene rings is 1. The van der Waals surface area contributed by atoms with Gasteiger partial charge in [0.25, 0.3) is 0 Å². The second-order valence-corrected chi connectivity index (χ2v) is 6.68. The first-order valence-electron chi connectivity index (χ1n) is 8.20. The molecule has 1 aromatic carbocycles. The van der Waals surface area contributed by atoms with Crippen molar-refractivity contribution in [1.82, 2.24) is 9.88 Å². The molecule has 0 radical (unpaired) electrons. The third-order valence-electron chi connectivity index (χ3n) is 4.52. The molecule has 5 nitrogen and oxygen atoms in total. The van der Waals surface area contributed by atoms with Gasteiger partial charge < -0.3 is 14.4 Å². The van der Waals surface area contributed by atoms with Crippen LogP contribution in [0, 0.1) is 5.92 Å². The summed E-state index contributed by atoms with van der Waals surface area (Å²) in [6.07, 6.45) is 2.79. The molecule has 3 rings (SSSR count). The normalized spacial score (nSPS) is 21.0. The van der Waals surface area contributed by atoms with E-state index in [1.54, 1.807) is 17.2 Å². The molecule has 1 fully saturated rings. The van der Waals surface area contributed by atoms with Gasteiger partial charge in [0.05, 0.1) is 17.3 Å². The van der Waals surface area contributed by atoms with E-state index in [1.165, 1.54) is 0 Å². The second kappa shape index (κ2) is 7.36. The Morgan fingerprint density at radius 1 is 1.46 bits per heavy atom. The van der Waals surface area contributed by atoms with Gasteiger partial charge in [-0.05, 0) is 24.5 Å². The molecule has 0 saturated carbocycles. The molecule has 2 heterocycles. The summed E-state index contributed by atoms with van der Waals surface area (Å²) in [5.41, 5.74) is 0.789. The number of aliphatic hydroxyl groups excluding tert-OH is 1. The summed E-state index contributed by atoms with van der Waals surface area (Å²) < 4.78 is 5.71. The SMILES string of the molecule is CC1CCN(C(=O)CCc2ncc(-c3ccccc3Cl)o2)CC1O. The standard InChI is InChI=1S/C18H21ClN2O3/c1-12-8-9-21(11-15(12)22)18(23)7-6-17-20-10-16(24-17)13-4-2-3-5-14(13)19/h2-5,10,12,15,22H,6-9,11H2,1H3. The third-order valence-corrected chi connectivity index (χ3v) is 4.85. The van der Waals surface area contributed by atoms with Gasteiger partial charge in [-0.3, -0.25) is 4.79 Å². The van der Waals surface area contributed by atoms with Crippen molar-refractivity contribution in [3.8, 4) is 11.3 Å². The first-order chi connectivity index (χ1) is 11.5. The molecule has 2 unspecified atom stereocenters. The van der Waals surface area contributed by atoms with Crippen molar-refractivity contribution in [3.05, 3.63) is 41.4 Å². The third kappa shape index (κ3) is 3.79. The van der Waals surface area contributed by atoms with Gasteiger partial charge in [0.15, 0.2) is 11.7 Å². The highest BCUT2D eigenvalue weighted by Gasteiger charge is 2.27. The number of likely N-dealkylation sites (tertiary alicyclic amines) is 1. The summed E-state index contributed by atoms with van der Waals surface area (Å²) in [5.74, 6) is 1.40. The number of hydrogen-bond acceptors (Lipinski definition) is 4. The van der Waals surface area contributed by atoms with Gasteiger partial charge in [-0.2, -0.15) is 0 Å². The van der Waals surface area contributed by atoms with E-state index >= 15 is 0 Å². The lowest BCUT2D eigenvalue weighted by Gasteiger charge is -2.34. The molecule has 0 spiro atoms. The Morgan fingerprint density at radius 2 is 2.25 bits per heavy atom. The molecule has 0 bridgehead atoms. The van der Waals surface area contributed by atoms with Gasteiger partial charge in [0.1, 0.15) is 0 Å². The smallest absolute Gasteiger partial charge is 0.223 e. The van der Waals surface area contributed by atoms with Crippen molar-refractivity contribution in [1.29, 1.82) is 0 Å². The summed E-state index contributed by atoms with van der Waals surface area (Å²) in [4.78, 5) is 18.2. The molecule has 1 amide bonds. The summed E-state index contributed by atoms with van der Waals surface area (Å²) in [7, 11) is 0. The molecule has 1 aliphatic heterocycles. The lowest BCUT2D eigenvalue weighted by molar-refractivity contribution is -0.135. The Hall–Kier alpha value is -1.85. The first-order valence-corrected chi connectivity index (χ1v) is 8.58. The van der Waals surface area contributed by atoms with E-state index in [0.29, 0.717) is 42.6 Å². The minimum absolute atomic E-state index is 0.0263. The van der Waals surface area contributed by atoms with E-state index in [0.717, 1.165) is 12.0 Å². The van der Waals surface area contributed by atoms with Gasteiger partial charge in [0.2, 0.25) is 5.91 Å². The molecule has 0 aliphatic carbocycles. The summed E-state index contributed by atoms with van der Waals surface area (Å²) >= 11 is 6.15. The Bertz CT molecular complexity index is 716. The van der Waals surface area contributed by atoms with Crippen LogP contribution in [0.3, 0.4) is 0 Å². The van der Waals surface area contributed by atoms with Gasteiger partial charge in [-0.25, -0.2) is 4.98 Å². The van der Waals surface area contributed by atoms with E-state index in [2.05, 4.69) is 4.98 Å². The number of halogens is 1. The Kier molecular flexibility index (Phi) is 5.21.